The zero-order chi connectivity index (χ0) is 19.8. The lowest BCUT2D eigenvalue weighted by molar-refractivity contribution is 0.689. The predicted octanol–water partition coefficient (Wildman–Crippen LogP) is 7.21. The molecule has 6 heteroatoms. The highest BCUT2D eigenvalue weighted by Gasteiger charge is 2.62. The van der Waals surface area contributed by atoms with Crippen molar-refractivity contribution in [2.45, 2.75) is 33.1 Å². The highest BCUT2D eigenvalue weighted by Crippen LogP contribution is 2.72. The van der Waals surface area contributed by atoms with Crippen molar-refractivity contribution in [3.63, 3.8) is 0 Å². The van der Waals surface area contributed by atoms with Crippen LogP contribution in [-0.4, -0.2) is 9.49 Å². The van der Waals surface area contributed by atoms with Crippen LogP contribution in [0.3, 0.4) is 0 Å². The van der Waals surface area contributed by atoms with Crippen LogP contribution in [0.2, 0.25) is 0 Å². The Morgan fingerprint density at radius 3 is 1.50 bits per heavy atom. The maximum Gasteiger partial charge on any atom is 0.101 e. The van der Waals surface area contributed by atoms with E-state index in [1.165, 1.54) is 0 Å². The molecule has 28 heavy (non-hydrogen) atoms. The van der Waals surface area contributed by atoms with E-state index in [4.69, 9.17) is 0 Å². The number of hydrogen-bond donors (Lipinski definition) is 0. The number of thioether (sulfide) groups is 2. The molecular weight excluding hydrogens is 516 g/mol. The SMILES string of the molecule is C[C@@]12Sc3ccc(Br)cc3C1=C(C#N)C(C#N)=C1c3cc(Br)ccc3S[C@]12C. The van der Waals surface area contributed by atoms with E-state index in [-0.39, 0.29) is 9.49 Å². The fraction of sp³-hybridized carbons (Fsp3) is 0.182. The monoisotopic (exact) mass is 526 g/mol. The van der Waals surface area contributed by atoms with Crippen molar-refractivity contribution < 1.29 is 0 Å². The topological polar surface area (TPSA) is 47.6 Å². The minimum absolute atomic E-state index is 0.354. The van der Waals surface area contributed by atoms with Gasteiger partial charge in [-0.1, -0.05) is 31.9 Å². The van der Waals surface area contributed by atoms with Gasteiger partial charge >= 0.3 is 0 Å². The van der Waals surface area contributed by atoms with Crippen LogP contribution < -0.4 is 0 Å². The van der Waals surface area contributed by atoms with Crippen LogP contribution in [0.5, 0.6) is 0 Å². The molecule has 0 radical (unpaired) electrons. The lowest BCUT2D eigenvalue weighted by atomic mass is 9.69. The average Bonchev–Trinajstić information content (AvgIpc) is 3.13. The number of halogens is 2. The van der Waals surface area contributed by atoms with Gasteiger partial charge in [0.05, 0.1) is 20.6 Å². The quantitative estimate of drug-likeness (QED) is 0.363. The van der Waals surface area contributed by atoms with E-state index in [9.17, 15) is 10.5 Å². The molecule has 2 aliphatic heterocycles. The molecule has 3 aliphatic rings. The summed E-state index contributed by atoms with van der Waals surface area (Å²) in [7, 11) is 0. The van der Waals surface area contributed by atoms with Crippen molar-refractivity contribution in [3.05, 3.63) is 67.6 Å². The molecule has 2 atom stereocenters. The van der Waals surface area contributed by atoms with Crippen molar-refractivity contribution in [1.29, 1.82) is 10.5 Å². The number of allylic oxidation sites excluding steroid dienone is 2. The number of nitriles is 2. The Morgan fingerprint density at radius 2 is 1.14 bits per heavy atom. The van der Waals surface area contributed by atoms with E-state index in [1.807, 2.05) is 12.1 Å². The Bertz CT molecular complexity index is 1150. The van der Waals surface area contributed by atoms with Gasteiger partial charge in [0.2, 0.25) is 0 Å². The summed E-state index contributed by atoms with van der Waals surface area (Å²) in [5.41, 5.74) is 5.11. The fourth-order valence-corrected chi connectivity index (χ4v) is 8.41. The smallest absolute Gasteiger partial charge is 0.101 e. The average molecular weight is 528 g/mol. The van der Waals surface area contributed by atoms with Gasteiger partial charge in [0.1, 0.15) is 12.1 Å². The summed E-state index contributed by atoms with van der Waals surface area (Å²) in [5.74, 6) is 0. The van der Waals surface area contributed by atoms with Crippen LogP contribution in [0, 0.1) is 22.7 Å². The van der Waals surface area contributed by atoms with E-state index in [0.29, 0.717) is 11.1 Å². The molecule has 0 aromatic heterocycles. The summed E-state index contributed by atoms with van der Waals surface area (Å²) < 4.78 is 1.25. The molecule has 0 spiro atoms. The predicted molar refractivity (Wildman–Crippen MR) is 122 cm³/mol. The Labute approximate surface area is 189 Å². The third-order valence-corrected chi connectivity index (χ3v) is 10.2. The van der Waals surface area contributed by atoms with Gasteiger partial charge in [-0.15, -0.1) is 23.5 Å². The molecular formula is C22H12Br2N2S2. The Hall–Kier alpha value is -1.44. The van der Waals surface area contributed by atoms with Crippen molar-refractivity contribution >= 4 is 66.5 Å². The van der Waals surface area contributed by atoms with E-state index in [1.54, 1.807) is 23.5 Å². The molecule has 2 heterocycles. The highest BCUT2D eigenvalue weighted by atomic mass is 79.9. The molecule has 1 aliphatic carbocycles. The van der Waals surface area contributed by atoms with Gasteiger partial charge in [-0.2, -0.15) is 10.5 Å². The first-order chi connectivity index (χ1) is 13.3. The molecule has 0 saturated heterocycles. The van der Waals surface area contributed by atoms with Crippen LogP contribution in [-0.2, 0) is 0 Å². The van der Waals surface area contributed by atoms with E-state index < -0.39 is 0 Å². The van der Waals surface area contributed by atoms with Gasteiger partial charge in [0, 0.05) is 18.7 Å². The minimum Gasteiger partial charge on any atom is -0.192 e. The van der Waals surface area contributed by atoms with Gasteiger partial charge in [0.15, 0.2) is 0 Å². The zero-order valence-corrected chi connectivity index (χ0v) is 19.7. The molecule has 0 amide bonds. The highest BCUT2D eigenvalue weighted by molar-refractivity contribution is 9.10. The lowest BCUT2D eigenvalue weighted by Crippen LogP contribution is -2.46. The summed E-state index contributed by atoms with van der Waals surface area (Å²) in [4.78, 5) is 2.32. The second-order valence-electron chi connectivity index (χ2n) is 7.28. The van der Waals surface area contributed by atoms with Crippen molar-refractivity contribution in [3.8, 4) is 12.1 Å². The lowest BCUT2D eigenvalue weighted by Gasteiger charge is -2.45. The van der Waals surface area contributed by atoms with Crippen LogP contribution in [0.4, 0.5) is 0 Å². The Kier molecular flexibility index (Phi) is 4.00. The van der Waals surface area contributed by atoms with Crippen LogP contribution in [0.1, 0.15) is 25.0 Å². The van der Waals surface area contributed by atoms with Gasteiger partial charge in [-0.25, -0.2) is 0 Å². The molecule has 0 unspecified atom stereocenters. The second-order valence-corrected chi connectivity index (χ2v) is 12.0. The first-order valence-corrected chi connectivity index (χ1v) is 11.8. The standard InChI is InChI=1S/C22H12Br2N2S2/c1-21-19(13-7-11(23)3-5-17(13)27-21)15(9-25)16(10-26)20-14-8-12(24)4-6-18(14)28-22(20,21)2/h3-8H,1-2H3/t21-,22-/m1/s1. The third kappa shape index (κ3) is 2.15. The third-order valence-electron chi connectivity index (χ3n) is 5.89. The summed E-state index contributed by atoms with van der Waals surface area (Å²) in [6.07, 6.45) is 0. The second kappa shape index (κ2) is 6.03. The van der Waals surface area contributed by atoms with Crippen molar-refractivity contribution in [1.82, 2.24) is 0 Å². The van der Waals surface area contributed by atoms with E-state index in [0.717, 1.165) is 41.0 Å². The summed E-state index contributed by atoms with van der Waals surface area (Å²) in [5, 5.41) is 20.3. The largest absolute Gasteiger partial charge is 0.192 e. The number of hydrogen-bond acceptors (Lipinski definition) is 4. The molecule has 2 aromatic rings. The molecule has 2 nitrogen and oxygen atoms in total. The molecule has 5 rings (SSSR count). The van der Waals surface area contributed by atoms with Crippen LogP contribution in [0.25, 0.3) is 11.1 Å². The zero-order valence-electron chi connectivity index (χ0n) is 14.9. The minimum atomic E-state index is -0.354. The first kappa shape index (κ1) is 18.6. The fourth-order valence-electron chi connectivity index (χ4n) is 4.52. The van der Waals surface area contributed by atoms with E-state index in [2.05, 4.69) is 82.1 Å². The van der Waals surface area contributed by atoms with Gasteiger partial charge in [-0.05, 0) is 72.5 Å². The van der Waals surface area contributed by atoms with Crippen molar-refractivity contribution in [2.24, 2.45) is 0 Å². The van der Waals surface area contributed by atoms with Gasteiger partial charge in [0.25, 0.3) is 0 Å². The van der Waals surface area contributed by atoms with Gasteiger partial charge < -0.3 is 0 Å². The van der Waals surface area contributed by atoms with Crippen LogP contribution >= 0.6 is 55.4 Å². The number of benzene rings is 2. The molecule has 0 saturated carbocycles. The Balaban J connectivity index is 1.93. The number of fused-ring (bicyclic) bond motifs is 7. The summed E-state index contributed by atoms with van der Waals surface area (Å²) in [6.45, 7) is 4.45. The van der Waals surface area contributed by atoms with Crippen molar-refractivity contribution in [2.75, 3.05) is 0 Å². The molecule has 0 N–H and O–H groups in total. The maximum atomic E-state index is 10.1. The van der Waals surface area contributed by atoms with E-state index >= 15 is 0 Å². The molecule has 0 fully saturated rings. The van der Waals surface area contributed by atoms with Crippen LogP contribution in [0.15, 0.2) is 66.3 Å². The summed E-state index contributed by atoms with van der Waals surface area (Å²) >= 11 is 10.8. The maximum absolute atomic E-state index is 10.1. The first-order valence-electron chi connectivity index (χ1n) is 8.62. The normalized spacial score (nSPS) is 26.9. The number of rotatable bonds is 0. The summed E-state index contributed by atoms with van der Waals surface area (Å²) in [6, 6.07) is 17.2. The molecule has 136 valence electrons. The van der Waals surface area contributed by atoms with Gasteiger partial charge in [-0.3, -0.25) is 0 Å². The Morgan fingerprint density at radius 1 is 0.750 bits per heavy atom. The molecule has 2 aromatic carbocycles. The number of nitrogens with zero attached hydrogens (tertiary/aromatic N) is 2. The molecule has 0 bridgehead atoms.